The van der Waals surface area contributed by atoms with Crippen LogP contribution in [0.4, 0.5) is 0 Å². The molecule has 0 spiro atoms. The van der Waals surface area contributed by atoms with E-state index in [-0.39, 0.29) is 23.9 Å². The molecule has 4 heteroatoms. The summed E-state index contributed by atoms with van der Waals surface area (Å²) in [6.45, 7) is 10.5. The highest BCUT2D eigenvalue weighted by molar-refractivity contribution is 5.80. The third-order valence-electron chi connectivity index (χ3n) is 3.46. The van der Waals surface area contributed by atoms with Crippen molar-refractivity contribution in [2.75, 3.05) is 19.8 Å². The standard InChI is InChI=1S/C13H26N2O2/c1-5-11(9(3)4)15-13(16)10-7-17-8-12(10)14-6-2/h9-12,14H,5-8H2,1-4H3,(H,15,16). The van der Waals surface area contributed by atoms with Gasteiger partial charge >= 0.3 is 0 Å². The van der Waals surface area contributed by atoms with Gasteiger partial charge in [0.05, 0.1) is 19.1 Å². The molecule has 3 unspecified atom stereocenters. The molecule has 0 bridgehead atoms. The monoisotopic (exact) mass is 242 g/mol. The summed E-state index contributed by atoms with van der Waals surface area (Å²) in [5.41, 5.74) is 0. The number of carbonyl (C=O) groups is 1. The molecule has 17 heavy (non-hydrogen) atoms. The van der Waals surface area contributed by atoms with Crippen LogP contribution in [-0.4, -0.2) is 37.7 Å². The van der Waals surface area contributed by atoms with E-state index in [0.29, 0.717) is 19.1 Å². The Morgan fingerprint density at radius 1 is 1.35 bits per heavy atom. The Morgan fingerprint density at radius 3 is 2.59 bits per heavy atom. The molecule has 1 saturated heterocycles. The van der Waals surface area contributed by atoms with Gasteiger partial charge < -0.3 is 15.4 Å². The van der Waals surface area contributed by atoms with Crippen LogP contribution in [-0.2, 0) is 9.53 Å². The lowest BCUT2D eigenvalue weighted by atomic mass is 9.98. The zero-order chi connectivity index (χ0) is 12.8. The van der Waals surface area contributed by atoms with Crippen molar-refractivity contribution < 1.29 is 9.53 Å². The summed E-state index contributed by atoms with van der Waals surface area (Å²) in [5.74, 6) is 0.570. The van der Waals surface area contributed by atoms with Gasteiger partial charge in [0, 0.05) is 12.1 Å². The minimum Gasteiger partial charge on any atom is -0.379 e. The summed E-state index contributed by atoms with van der Waals surface area (Å²) in [7, 11) is 0. The van der Waals surface area contributed by atoms with Crippen LogP contribution in [0.15, 0.2) is 0 Å². The first-order chi connectivity index (χ1) is 8.10. The first-order valence-corrected chi connectivity index (χ1v) is 6.71. The molecule has 4 nitrogen and oxygen atoms in total. The van der Waals surface area contributed by atoms with Crippen molar-refractivity contribution in [3.63, 3.8) is 0 Å². The number of likely N-dealkylation sites (N-methyl/N-ethyl adjacent to an activating group) is 1. The minimum atomic E-state index is -0.0391. The van der Waals surface area contributed by atoms with Crippen LogP contribution in [0.5, 0.6) is 0 Å². The van der Waals surface area contributed by atoms with E-state index in [1.165, 1.54) is 0 Å². The summed E-state index contributed by atoms with van der Waals surface area (Å²) in [5, 5.41) is 6.45. The molecule has 1 fully saturated rings. The SMILES string of the molecule is CCNC1COCC1C(=O)NC(CC)C(C)C. The van der Waals surface area contributed by atoms with Crippen molar-refractivity contribution in [1.29, 1.82) is 0 Å². The number of hydrogen-bond acceptors (Lipinski definition) is 3. The van der Waals surface area contributed by atoms with Gasteiger partial charge in [0.1, 0.15) is 0 Å². The Labute approximate surface area is 104 Å². The molecule has 0 aromatic heterocycles. The Hall–Kier alpha value is -0.610. The Balaban J connectivity index is 2.51. The van der Waals surface area contributed by atoms with Crippen molar-refractivity contribution in [3.8, 4) is 0 Å². The maximum Gasteiger partial charge on any atom is 0.227 e. The smallest absolute Gasteiger partial charge is 0.227 e. The second kappa shape index (κ2) is 6.97. The van der Waals surface area contributed by atoms with Gasteiger partial charge in [-0.1, -0.05) is 27.7 Å². The number of ether oxygens (including phenoxy) is 1. The van der Waals surface area contributed by atoms with Crippen LogP contribution >= 0.6 is 0 Å². The molecular weight excluding hydrogens is 216 g/mol. The molecule has 1 heterocycles. The predicted octanol–water partition coefficient (Wildman–Crippen LogP) is 1.16. The average molecular weight is 242 g/mol. The van der Waals surface area contributed by atoms with Gasteiger partial charge in [-0.25, -0.2) is 0 Å². The lowest BCUT2D eigenvalue weighted by Crippen LogP contribution is -2.48. The zero-order valence-corrected chi connectivity index (χ0v) is 11.5. The maximum atomic E-state index is 12.2. The van der Waals surface area contributed by atoms with Crippen molar-refractivity contribution in [3.05, 3.63) is 0 Å². The van der Waals surface area contributed by atoms with Gasteiger partial charge in [0.15, 0.2) is 0 Å². The summed E-state index contributed by atoms with van der Waals surface area (Å²) in [6.07, 6.45) is 0.975. The van der Waals surface area contributed by atoms with Crippen LogP contribution < -0.4 is 10.6 Å². The summed E-state index contributed by atoms with van der Waals surface area (Å²) >= 11 is 0. The highest BCUT2D eigenvalue weighted by atomic mass is 16.5. The molecule has 1 aliphatic rings. The lowest BCUT2D eigenvalue weighted by molar-refractivity contribution is -0.126. The van der Waals surface area contributed by atoms with E-state index in [9.17, 15) is 4.79 Å². The topological polar surface area (TPSA) is 50.4 Å². The molecule has 0 aliphatic carbocycles. The molecule has 1 aliphatic heterocycles. The average Bonchev–Trinajstić information content (AvgIpc) is 2.74. The van der Waals surface area contributed by atoms with Crippen LogP contribution in [0.3, 0.4) is 0 Å². The van der Waals surface area contributed by atoms with Gasteiger partial charge in [-0.2, -0.15) is 0 Å². The van der Waals surface area contributed by atoms with Crippen LogP contribution in [0, 0.1) is 11.8 Å². The molecule has 3 atom stereocenters. The fourth-order valence-electron chi connectivity index (χ4n) is 2.31. The fourth-order valence-corrected chi connectivity index (χ4v) is 2.31. The zero-order valence-electron chi connectivity index (χ0n) is 11.5. The van der Waals surface area contributed by atoms with E-state index in [1.807, 2.05) is 0 Å². The minimum absolute atomic E-state index is 0.0391. The highest BCUT2D eigenvalue weighted by Gasteiger charge is 2.34. The van der Waals surface area contributed by atoms with E-state index in [2.05, 4.69) is 38.3 Å². The molecule has 0 saturated carbocycles. The van der Waals surface area contributed by atoms with E-state index in [4.69, 9.17) is 4.74 Å². The Bertz CT molecular complexity index is 244. The number of rotatable bonds is 6. The van der Waals surface area contributed by atoms with Crippen molar-refractivity contribution >= 4 is 5.91 Å². The second-order valence-electron chi connectivity index (χ2n) is 5.08. The maximum absolute atomic E-state index is 12.2. The summed E-state index contributed by atoms with van der Waals surface area (Å²) < 4.78 is 5.40. The van der Waals surface area contributed by atoms with Crippen molar-refractivity contribution in [2.24, 2.45) is 11.8 Å². The number of carbonyl (C=O) groups excluding carboxylic acids is 1. The fraction of sp³-hybridized carbons (Fsp3) is 0.923. The Kier molecular flexibility index (Phi) is 5.92. The molecule has 0 radical (unpaired) electrons. The summed E-state index contributed by atoms with van der Waals surface area (Å²) in [6, 6.07) is 0.440. The predicted molar refractivity (Wildman–Crippen MR) is 68.8 cm³/mol. The van der Waals surface area contributed by atoms with Gasteiger partial charge in [0.2, 0.25) is 5.91 Å². The molecule has 0 aromatic rings. The van der Waals surface area contributed by atoms with Gasteiger partial charge in [-0.3, -0.25) is 4.79 Å². The quantitative estimate of drug-likeness (QED) is 0.735. The van der Waals surface area contributed by atoms with E-state index < -0.39 is 0 Å². The molecule has 1 rings (SSSR count). The molecule has 1 amide bonds. The van der Waals surface area contributed by atoms with Crippen molar-refractivity contribution in [2.45, 2.75) is 46.2 Å². The van der Waals surface area contributed by atoms with Crippen LogP contribution in [0.1, 0.15) is 34.1 Å². The number of amides is 1. The normalized spacial score (nSPS) is 26.2. The van der Waals surface area contributed by atoms with Gasteiger partial charge in [0.25, 0.3) is 0 Å². The largest absolute Gasteiger partial charge is 0.379 e. The molecule has 2 N–H and O–H groups in total. The molecular formula is C13H26N2O2. The highest BCUT2D eigenvalue weighted by Crippen LogP contribution is 2.15. The first kappa shape index (κ1) is 14.5. The van der Waals surface area contributed by atoms with E-state index in [1.54, 1.807) is 0 Å². The Morgan fingerprint density at radius 2 is 2.06 bits per heavy atom. The van der Waals surface area contributed by atoms with Crippen molar-refractivity contribution in [1.82, 2.24) is 10.6 Å². The number of hydrogen-bond donors (Lipinski definition) is 2. The lowest BCUT2D eigenvalue weighted by Gasteiger charge is -2.24. The molecule has 0 aromatic carbocycles. The number of nitrogens with one attached hydrogen (secondary N) is 2. The van der Waals surface area contributed by atoms with E-state index >= 15 is 0 Å². The third-order valence-corrected chi connectivity index (χ3v) is 3.46. The first-order valence-electron chi connectivity index (χ1n) is 6.71. The second-order valence-corrected chi connectivity index (χ2v) is 5.08. The molecule has 100 valence electrons. The summed E-state index contributed by atoms with van der Waals surface area (Å²) in [4.78, 5) is 12.2. The van der Waals surface area contributed by atoms with Gasteiger partial charge in [-0.05, 0) is 18.9 Å². The third kappa shape index (κ3) is 3.96. The van der Waals surface area contributed by atoms with Gasteiger partial charge in [-0.15, -0.1) is 0 Å². The van der Waals surface area contributed by atoms with E-state index in [0.717, 1.165) is 13.0 Å². The van der Waals surface area contributed by atoms with Crippen LogP contribution in [0.2, 0.25) is 0 Å². The van der Waals surface area contributed by atoms with Crippen LogP contribution in [0.25, 0.3) is 0 Å².